The first-order valence-electron chi connectivity index (χ1n) is 4.79. The van der Waals surface area contributed by atoms with Crippen LogP contribution < -0.4 is 0 Å². The fourth-order valence-electron chi connectivity index (χ4n) is 2.27. The predicted molar refractivity (Wildman–Crippen MR) is 53.1 cm³/mol. The van der Waals surface area contributed by atoms with E-state index in [1.54, 1.807) is 0 Å². The lowest BCUT2D eigenvalue weighted by Crippen LogP contribution is -2.39. The molecule has 1 rings (SSSR count). The molecule has 1 heterocycles. The summed E-state index contributed by atoms with van der Waals surface area (Å²) in [4.78, 5) is 11.0. The van der Waals surface area contributed by atoms with Gasteiger partial charge < -0.3 is 9.53 Å². The van der Waals surface area contributed by atoms with Crippen molar-refractivity contribution in [3.8, 4) is 0 Å². The van der Waals surface area contributed by atoms with Gasteiger partial charge >= 0.3 is 0 Å². The van der Waals surface area contributed by atoms with E-state index in [1.165, 1.54) is 0 Å². The summed E-state index contributed by atoms with van der Waals surface area (Å²) in [7, 11) is 0. The van der Waals surface area contributed by atoms with E-state index in [0.29, 0.717) is 5.88 Å². The summed E-state index contributed by atoms with van der Waals surface area (Å²) in [6.45, 7) is 4.03. The van der Waals surface area contributed by atoms with Crippen LogP contribution in [0.3, 0.4) is 0 Å². The van der Waals surface area contributed by atoms with Gasteiger partial charge in [0.05, 0.1) is 12.2 Å². The zero-order valence-corrected chi connectivity index (χ0v) is 9.01. The number of halogens is 1. The van der Waals surface area contributed by atoms with Gasteiger partial charge in [-0.2, -0.15) is 0 Å². The minimum atomic E-state index is -0.223. The molecule has 1 aliphatic rings. The molecule has 0 saturated carbocycles. The summed E-state index contributed by atoms with van der Waals surface area (Å²) >= 11 is 5.70. The van der Waals surface area contributed by atoms with Crippen LogP contribution in [0.4, 0.5) is 0 Å². The van der Waals surface area contributed by atoms with Crippen molar-refractivity contribution < 1.29 is 9.53 Å². The average molecular weight is 205 g/mol. The van der Waals surface area contributed by atoms with Gasteiger partial charge in [-0.15, -0.1) is 11.6 Å². The van der Waals surface area contributed by atoms with E-state index >= 15 is 0 Å². The summed E-state index contributed by atoms with van der Waals surface area (Å²) in [6, 6.07) is 0. The average Bonchev–Trinajstić information content (AvgIpc) is 2.03. The van der Waals surface area contributed by atoms with Crippen LogP contribution in [-0.2, 0) is 9.53 Å². The molecule has 76 valence electrons. The number of alkyl halides is 1. The molecule has 2 unspecified atom stereocenters. The third kappa shape index (κ3) is 2.68. The van der Waals surface area contributed by atoms with Gasteiger partial charge in [0.15, 0.2) is 0 Å². The van der Waals surface area contributed by atoms with Gasteiger partial charge in [-0.05, 0) is 33.1 Å². The molecular formula is C10H17ClO2. The van der Waals surface area contributed by atoms with Crippen molar-refractivity contribution in [1.29, 1.82) is 0 Å². The molecule has 0 amide bonds. The minimum absolute atomic E-state index is 0.178. The number of aldehydes is 1. The van der Waals surface area contributed by atoms with Crippen LogP contribution in [-0.4, -0.2) is 24.4 Å². The SMILES string of the molecule is CC1CC(C=O)(CCCl)CC(C)O1. The Morgan fingerprint density at radius 2 is 2.00 bits per heavy atom. The number of hydrogen-bond donors (Lipinski definition) is 0. The van der Waals surface area contributed by atoms with Crippen LogP contribution in [0.2, 0.25) is 0 Å². The normalized spacial score (nSPS) is 40.2. The van der Waals surface area contributed by atoms with Crippen molar-refractivity contribution in [1.82, 2.24) is 0 Å². The molecule has 2 nitrogen and oxygen atoms in total. The van der Waals surface area contributed by atoms with Gasteiger partial charge in [-0.3, -0.25) is 0 Å². The van der Waals surface area contributed by atoms with Crippen LogP contribution in [0.5, 0.6) is 0 Å². The Balaban J connectivity index is 2.67. The topological polar surface area (TPSA) is 26.3 Å². The summed E-state index contributed by atoms with van der Waals surface area (Å²) in [5.74, 6) is 0.554. The number of rotatable bonds is 3. The highest BCUT2D eigenvalue weighted by Gasteiger charge is 2.37. The van der Waals surface area contributed by atoms with Gasteiger partial charge in [0.1, 0.15) is 6.29 Å². The number of hydrogen-bond acceptors (Lipinski definition) is 2. The van der Waals surface area contributed by atoms with Crippen LogP contribution in [0.15, 0.2) is 0 Å². The second-order valence-electron chi connectivity index (χ2n) is 4.08. The Kier molecular flexibility index (Phi) is 3.74. The molecule has 0 aromatic heterocycles. The van der Waals surface area contributed by atoms with E-state index in [2.05, 4.69) is 0 Å². The molecule has 0 aromatic carbocycles. The lowest BCUT2D eigenvalue weighted by atomic mass is 9.75. The molecule has 1 saturated heterocycles. The maximum absolute atomic E-state index is 11.0. The molecule has 1 fully saturated rings. The predicted octanol–water partition coefficient (Wildman–Crippen LogP) is 2.39. The van der Waals surface area contributed by atoms with Gasteiger partial charge in [-0.1, -0.05) is 0 Å². The highest BCUT2D eigenvalue weighted by atomic mass is 35.5. The Bertz CT molecular complexity index is 172. The number of ether oxygens (including phenoxy) is 1. The Labute approximate surface area is 84.6 Å². The fourth-order valence-corrected chi connectivity index (χ4v) is 2.64. The molecule has 13 heavy (non-hydrogen) atoms. The molecular weight excluding hydrogens is 188 g/mol. The largest absolute Gasteiger partial charge is 0.375 e. The Morgan fingerprint density at radius 3 is 2.38 bits per heavy atom. The van der Waals surface area contributed by atoms with Gasteiger partial charge in [0.25, 0.3) is 0 Å². The monoisotopic (exact) mass is 204 g/mol. The Hall–Kier alpha value is -0.0800. The standard InChI is InChI=1S/C10H17ClO2/c1-8-5-10(7-12,3-4-11)6-9(2)13-8/h7-9H,3-6H2,1-2H3. The van der Waals surface area contributed by atoms with Crippen molar-refractivity contribution in [2.45, 2.75) is 45.3 Å². The third-order valence-electron chi connectivity index (χ3n) is 2.69. The molecule has 2 atom stereocenters. The van der Waals surface area contributed by atoms with E-state index in [4.69, 9.17) is 16.3 Å². The third-order valence-corrected chi connectivity index (χ3v) is 2.88. The molecule has 1 aliphatic heterocycles. The quantitative estimate of drug-likeness (QED) is 0.521. The molecule has 0 aliphatic carbocycles. The molecule has 0 bridgehead atoms. The first-order valence-corrected chi connectivity index (χ1v) is 5.33. The van der Waals surface area contributed by atoms with Gasteiger partial charge in [-0.25, -0.2) is 0 Å². The van der Waals surface area contributed by atoms with E-state index in [9.17, 15) is 4.79 Å². The van der Waals surface area contributed by atoms with Gasteiger partial charge in [0.2, 0.25) is 0 Å². The molecule has 0 radical (unpaired) electrons. The van der Waals surface area contributed by atoms with Crippen molar-refractivity contribution in [2.75, 3.05) is 5.88 Å². The minimum Gasteiger partial charge on any atom is -0.375 e. The summed E-state index contributed by atoms with van der Waals surface area (Å²) in [5, 5.41) is 0. The second kappa shape index (κ2) is 4.43. The van der Waals surface area contributed by atoms with E-state index < -0.39 is 0 Å². The first kappa shape index (κ1) is 11.0. The Morgan fingerprint density at radius 1 is 1.46 bits per heavy atom. The first-order chi connectivity index (χ1) is 6.12. The van der Waals surface area contributed by atoms with E-state index in [1.807, 2.05) is 13.8 Å². The van der Waals surface area contributed by atoms with Crippen molar-refractivity contribution in [2.24, 2.45) is 5.41 Å². The zero-order valence-electron chi connectivity index (χ0n) is 8.25. The van der Waals surface area contributed by atoms with Crippen LogP contribution in [0, 0.1) is 5.41 Å². The van der Waals surface area contributed by atoms with Gasteiger partial charge in [0, 0.05) is 11.3 Å². The lowest BCUT2D eigenvalue weighted by molar-refractivity contribution is -0.132. The molecule has 3 heteroatoms. The molecule has 0 spiro atoms. The highest BCUT2D eigenvalue weighted by Crippen LogP contribution is 2.37. The number of carbonyl (C=O) groups excluding carboxylic acids is 1. The van der Waals surface area contributed by atoms with Crippen LogP contribution in [0.25, 0.3) is 0 Å². The van der Waals surface area contributed by atoms with Crippen molar-refractivity contribution >= 4 is 17.9 Å². The highest BCUT2D eigenvalue weighted by molar-refractivity contribution is 6.17. The second-order valence-corrected chi connectivity index (χ2v) is 4.46. The zero-order chi connectivity index (χ0) is 9.90. The van der Waals surface area contributed by atoms with Crippen LogP contribution >= 0.6 is 11.6 Å². The summed E-state index contributed by atoms with van der Waals surface area (Å²) < 4.78 is 5.59. The van der Waals surface area contributed by atoms with Crippen LogP contribution in [0.1, 0.15) is 33.1 Å². The van der Waals surface area contributed by atoms with E-state index in [0.717, 1.165) is 25.5 Å². The fraction of sp³-hybridized carbons (Fsp3) is 0.900. The van der Waals surface area contributed by atoms with Crippen molar-refractivity contribution in [3.05, 3.63) is 0 Å². The maximum atomic E-state index is 11.0. The molecule has 0 aromatic rings. The van der Waals surface area contributed by atoms with Crippen molar-refractivity contribution in [3.63, 3.8) is 0 Å². The van der Waals surface area contributed by atoms with E-state index in [-0.39, 0.29) is 17.6 Å². The number of carbonyl (C=O) groups is 1. The lowest BCUT2D eigenvalue weighted by Gasteiger charge is -2.38. The smallest absolute Gasteiger partial charge is 0.126 e. The summed E-state index contributed by atoms with van der Waals surface area (Å²) in [6.07, 6.45) is 3.83. The summed E-state index contributed by atoms with van der Waals surface area (Å²) in [5.41, 5.74) is -0.223. The molecule has 0 N–H and O–H groups in total. The maximum Gasteiger partial charge on any atom is 0.126 e.